The Kier molecular flexibility index (Phi) is 9.30. The predicted molar refractivity (Wildman–Crippen MR) is 142 cm³/mol. The Labute approximate surface area is 247 Å². The van der Waals surface area contributed by atoms with E-state index < -0.39 is 65.0 Å². The van der Waals surface area contributed by atoms with E-state index in [-0.39, 0.29) is 31.1 Å². The topological polar surface area (TPSA) is 106 Å². The maximum Gasteiger partial charge on any atom is 0.416 e. The zero-order valence-corrected chi connectivity index (χ0v) is 23.6. The van der Waals surface area contributed by atoms with Gasteiger partial charge in [-0.2, -0.15) is 26.3 Å². The summed E-state index contributed by atoms with van der Waals surface area (Å²) in [7, 11) is 2.36. The van der Waals surface area contributed by atoms with E-state index in [9.17, 15) is 45.1 Å². The van der Waals surface area contributed by atoms with Crippen molar-refractivity contribution in [1.82, 2.24) is 20.1 Å². The number of nitrogens with one attached hydrogen (secondary N) is 1. The summed E-state index contributed by atoms with van der Waals surface area (Å²) in [6.07, 6.45) is -8.69. The summed E-state index contributed by atoms with van der Waals surface area (Å²) in [6.45, 7) is 0.0425. The highest BCUT2D eigenvalue weighted by Crippen LogP contribution is 2.39. The first-order valence-electron chi connectivity index (χ1n) is 13.7. The van der Waals surface area contributed by atoms with E-state index in [1.54, 1.807) is 0 Å². The molecule has 1 saturated carbocycles. The lowest BCUT2D eigenvalue weighted by molar-refractivity contribution is -0.143. The lowest BCUT2D eigenvalue weighted by Gasteiger charge is -2.33. The Morgan fingerprint density at radius 3 is 2.02 bits per heavy atom. The van der Waals surface area contributed by atoms with E-state index in [4.69, 9.17) is 5.11 Å². The first kappa shape index (κ1) is 32.8. The maximum absolute atomic E-state index is 13.6. The molecule has 44 heavy (non-hydrogen) atoms. The molecule has 16 heteroatoms. The molecule has 1 aromatic heterocycles. The van der Waals surface area contributed by atoms with Crippen LogP contribution < -0.4 is 10.2 Å². The summed E-state index contributed by atoms with van der Waals surface area (Å²) in [5.74, 6) is -1.94. The van der Waals surface area contributed by atoms with Gasteiger partial charge in [0.2, 0.25) is 5.91 Å². The second kappa shape index (κ2) is 12.5. The van der Waals surface area contributed by atoms with Crippen LogP contribution in [0, 0.1) is 11.7 Å². The Balaban J connectivity index is 1.58. The SMILES string of the molecule is CN(C(=O)N(C)[C@@H]1CN(C(=O)C2CCC(NC(=O)O)CC2)C[C@H]1c1ccc(F)cn1)c1cc(C(F)(F)F)cc(C(F)(F)F)c1. The molecule has 240 valence electrons. The van der Waals surface area contributed by atoms with Crippen LogP contribution in [0.1, 0.15) is 48.4 Å². The van der Waals surface area contributed by atoms with Gasteiger partial charge < -0.3 is 20.2 Å². The molecule has 1 saturated heterocycles. The van der Waals surface area contributed by atoms with Gasteiger partial charge in [0.1, 0.15) is 5.82 Å². The average Bonchev–Trinajstić information content (AvgIpc) is 3.40. The molecule has 2 fully saturated rings. The number of pyridine rings is 1. The number of carboxylic acid groups (broad SMARTS) is 1. The number of benzene rings is 1. The van der Waals surface area contributed by atoms with Gasteiger partial charge in [0.25, 0.3) is 0 Å². The average molecular weight is 634 g/mol. The third-order valence-corrected chi connectivity index (χ3v) is 8.18. The minimum Gasteiger partial charge on any atom is -0.465 e. The molecule has 0 spiro atoms. The van der Waals surface area contributed by atoms with Gasteiger partial charge in [0.05, 0.1) is 23.4 Å². The Morgan fingerprint density at radius 2 is 1.52 bits per heavy atom. The lowest BCUT2D eigenvalue weighted by atomic mass is 9.85. The number of amides is 4. The van der Waals surface area contributed by atoms with Crippen molar-refractivity contribution in [3.05, 3.63) is 59.2 Å². The minimum atomic E-state index is -5.11. The highest BCUT2D eigenvalue weighted by Gasteiger charge is 2.44. The van der Waals surface area contributed by atoms with E-state index >= 15 is 0 Å². The molecule has 2 aliphatic rings. The summed E-state index contributed by atoms with van der Waals surface area (Å²) in [5.41, 5.74) is -3.47. The highest BCUT2D eigenvalue weighted by molar-refractivity contribution is 5.92. The fraction of sp³-hybridized carbons (Fsp3) is 0.500. The molecule has 1 aromatic carbocycles. The van der Waals surface area contributed by atoms with Crippen LogP contribution in [0.3, 0.4) is 0 Å². The Morgan fingerprint density at radius 1 is 0.932 bits per heavy atom. The molecule has 0 bridgehead atoms. The van der Waals surface area contributed by atoms with Crippen LogP contribution in [0.2, 0.25) is 0 Å². The van der Waals surface area contributed by atoms with Gasteiger partial charge in [-0.1, -0.05) is 0 Å². The minimum absolute atomic E-state index is 0.0255. The number of halogens is 7. The summed E-state index contributed by atoms with van der Waals surface area (Å²) in [5, 5.41) is 11.4. The number of nitrogens with zero attached hydrogens (tertiary/aromatic N) is 4. The van der Waals surface area contributed by atoms with Gasteiger partial charge in [-0.05, 0) is 56.0 Å². The Hall–Kier alpha value is -4.11. The van der Waals surface area contributed by atoms with Crippen molar-refractivity contribution in [3.8, 4) is 0 Å². The third-order valence-electron chi connectivity index (χ3n) is 8.18. The zero-order chi connectivity index (χ0) is 32.6. The van der Waals surface area contributed by atoms with Crippen LogP contribution in [0.15, 0.2) is 36.5 Å². The molecule has 9 nitrogen and oxygen atoms in total. The number of carbonyl (C=O) groups excluding carboxylic acids is 2. The number of carbonyl (C=O) groups is 3. The zero-order valence-electron chi connectivity index (χ0n) is 23.6. The van der Waals surface area contributed by atoms with E-state index in [1.807, 2.05) is 0 Å². The summed E-state index contributed by atoms with van der Waals surface area (Å²) < 4.78 is 94.3. The first-order chi connectivity index (χ1) is 20.5. The van der Waals surface area contributed by atoms with Crippen LogP contribution in [0.25, 0.3) is 0 Å². The molecular formula is C28H30F7N5O4. The van der Waals surface area contributed by atoms with Gasteiger partial charge in [0.15, 0.2) is 0 Å². The summed E-state index contributed by atoms with van der Waals surface area (Å²) in [4.78, 5) is 45.4. The van der Waals surface area contributed by atoms with E-state index in [2.05, 4.69) is 10.3 Å². The molecule has 2 atom stereocenters. The molecule has 0 unspecified atom stereocenters. The van der Waals surface area contributed by atoms with E-state index in [1.165, 1.54) is 18.0 Å². The molecule has 4 amide bonds. The quantitative estimate of drug-likeness (QED) is 0.419. The van der Waals surface area contributed by atoms with Crippen molar-refractivity contribution >= 4 is 23.7 Å². The number of aromatic nitrogens is 1. The van der Waals surface area contributed by atoms with Crippen LogP contribution in [-0.2, 0) is 17.1 Å². The van der Waals surface area contributed by atoms with Crippen molar-refractivity contribution in [1.29, 1.82) is 0 Å². The normalized spacial score (nSPS) is 22.4. The van der Waals surface area contributed by atoms with Crippen molar-refractivity contribution in [2.24, 2.45) is 5.92 Å². The molecule has 4 rings (SSSR count). The number of anilines is 1. The van der Waals surface area contributed by atoms with Crippen molar-refractivity contribution in [3.63, 3.8) is 0 Å². The number of likely N-dealkylation sites (N-methyl/N-ethyl adjacent to an activating group) is 1. The largest absolute Gasteiger partial charge is 0.465 e. The number of hydrogen-bond donors (Lipinski definition) is 2. The molecule has 2 N–H and O–H groups in total. The number of hydrogen-bond acceptors (Lipinski definition) is 4. The number of alkyl halides is 6. The van der Waals surface area contributed by atoms with Crippen LogP contribution >= 0.6 is 0 Å². The predicted octanol–water partition coefficient (Wildman–Crippen LogP) is 5.57. The van der Waals surface area contributed by atoms with Gasteiger partial charge in [-0.15, -0.1) is 0 Å². The maximum atomic E-state index is 13.6. The van der Waals surface area contributed by atoms with Crippen molar-refractivity contribution in [2.75, 3.05) is 32.1 Å². The smallest absolute Gasteiger partial charge is 0.416 e. The second-order valence-electron chi connectivity index (χ2n) is 11.0. The van der Waals surface area contributed by atoms with Gasteiger partial charge in [-0.25, -0.2) is 14.0 Å². The standard InChI is InChI=1S/C28H30F7N5O4/c1-38(20-10-16(27(30,31)32)9-17(11-20)28(33,34)35)26(44)39(2)23-14-40(13-21(23)22-8-5-18(29)12-36-22)24(41)15-3-6-19(7-4-15)37-25(42)43/h5,8-12,15,19,21,23,37H,3-4,6-7,13-14H2,1-2H3,(H,42,43)/t15?,19?,21-,23+/m0/s1. The highest BCUT2D eigenvalue weighted by atomic mass is 19.4. The first-order valence-corrected chi connectivity index (χ1v) is 13.7. The molecule has 1 aliphatic carbocycles. The number of rotatable bonds is 5. The fourth-order valence-electron chi connectivity index (χ4n) is 5.79. The second-order valence-corrected chi connectivity index (χ2v) is 11.0. The fourth-order valence-corrected chi connectivity index (χ4v) is 5.79. The van der Waals surface area contributed by atoms with Crippen LogP contribution in [0.5, 0.6) is 0 Å². The van der Waals surface area contributed by atoms with E-state index in [0.29, 0.717) is 48.4 Å². The van der Waals surface area contributed by atoms with Crippen molar-refractivity contribution < 1.29 is 50.2 Å². The molecular weight excluding hydrogens is 603 g/mol. The monoisotopic (exact) mass is 633 g/mol. The molecule has 2 aromatic rings. The summed E-state index contributed by atoms with van der Waals surface area (Å²) in [6, 6.07) is 1.35. The van der Waals surface area contributed by atoms with Crippen LogP contribution in [0.4, 0.5) is 46.0 Å². The lowest BCUT2D eigenvalue weighted by Crippen LogP contribution is -2.48. The third kappa shape index (κ3) is 7.33. The molecule has 0 radical (unpaired) electrons. The van der Waals surface area contributed by atoms with E-state index in [0.717, 1.165) is 24.2 Å². The number of urea groups is 1. The molecule has 2 heterocycles. The van der Waals surface area contributed by atoms with Gasteiger partial charge in [-0.3, -0.25) is 14.7 Å². The van der Waals surface area contributed by atoms with Gasteiger partial charge >= 0.3 is 24.5 Å². The number of likely N-dealkylation sites (tertiary alicyclic amines) is 1. The van der Waals surface area contributed by atoms with Crippen LogP contribution in [-0.4, -0.2) is 77.2 Å². The Bertz CT molecular complexity index is 1350. The van der Waals surface area contributed by atoms with Crippen molar-refractivity contribution in [2.45, 2.75) is 56.0 Å². The van der Waals surface area contributed by atoms with Gasteiger partial charge in [0, 0.05) is 56.4 Å². The summed E-state index contributed by atoms with van der Waals surface area (Å²) >= 11 is 0. The molecule has 1 aliphatic heterocycles.